The van der Waals surface area contributed by atoms with E-state index in [-0.39, 0.29) is 24.9 Å². The second-order valence-corrected chi connectivity index (χ2v) is 6.61. The summed E-state index contributed by atoms with van der Waals surface area (Å²) >= 11 is 0. The zero-order valence-electron chi connectivity index (χ0n) is 14.6. The van der Waals surface area contributed by atoms with Gasteiger partial charge in [-0.15, -0.1) is 12.4 Å². The smallest absolute Gasteiger partial charge is 0.236 e. The Hall–Kier alpha value is -2.02. The normalized spacial score (nSPS) is 18.1. The van der Waals surface area contributed by atoms with Gasteiger partial charge in [0.25, 0.3) is 0 Å². The van der Waals surface area contributed by atoms with Gasteiger partial charge in [-0.05, 0) is 24.8 Å². The molecule has 138 valence electrons. The molecular weight excluding hydrogens is 352 g/mol. The van der Waals surface area contributed by atoms with Gasteiger partial charge in [0.05, 0.1) is 18.8 Å². The zero-order chi connectivity index (χ0) is 17.3. The van der Waals surface area contributed by atoms with Crippen LogP contribution in [-0.2, 0) is 21.6 Å². The van der Waals surface area contributed by atoms with E-state index in [1.54, 1.807) is 0 Å². The van der Waals surface area contributed by atoms with Crippen molar-refractivity contribution in [3.05, 3.63) is 47.8 Å². The molecule has 3 heterocycles. The van der Waals surface area contributed by atoms with E-state index in [1.807, 2.05) is 41.4 Å². The fourth-order valence-corrected chi connectivity index (χ4v) is 3.76. The highest BCUT2D eigenvalue weighted by atomic mass is 35.5. The van der Waals surface area contributed by atoms with E-state index in [0.717, 1.165) is 41.9 Å². The SMILES string of the molecule is Cl.NCC(=O)N1CCC2(CC1)OCCc1cnc(-c3ccccc3)nc12. The first kappa shape index (κ1) is 18.8. The molecule has 1 aromatic carbocycles. The number of carbonyl (C=O) groups is 1. The van der Waals surface area contributed by atoms with Crippen molar-refractivity contribution < 1.29 is 9.53 Å². The largest absolute Gasteiger partial charge is 0.368 e. The molecule has 1 saturated heterocycles. The first-order valence-corrected chi connectivity index (χ1v) is 8.75. The minimum Gasteiger partial charge on any atom is -0.368 e. The molecule has 2 aliphatic rings. The summed E-state index contributed by atoms with van der Waals surface area (Å²) in [6.07, 6.45) is 4.26. The molecule has 0 bridgehead atoms. The Kier molecular flexibility index (Phi) is 5.55. The maximum atomic E-state index is 11.9. The highest BCUT2D eigenvalue weighted by Crippen LogP contribution is 2.40. The van der Waals surface area contributed by atoms with Gasteiger partial charge in [-0.1, -0.05) is 30.3 Å². The Morgan fingerprint density at radius 1 is 1.23 bits per heavy atom. The summed E-state index contributed by atoms with van der Waals surface area (Å²) in [5.74, 6) is 0.725. The van der Waals surface area contributed by atoms with E-state index in [1.165, 1.54) is 0 Å². The molecule has 2 N–H and O–H groups in total. The predicted molar refractivity (Wildman–Crippen MR) is 101 cm³/mol. The summed E-state index contributed by atoms with van der Waals surface area (Å²) < 4.78 is 6.23. The van der Waals surface area contributed by atoms with E-state index in [4.69, 9.17) is 15.5 Å². The number of likely N-dealkylation sites (tertiary alicyclic amines) is 1. The quantitative estimate of drug-likeness (QED) is 0.868. The lowest BCUT2D eigenvalue weighted by molar-refractivity contribution is -0.139. The molecule has 0 aliphatic carbocycles. The van der Waals surface area contributed by atoms with Crippen molar-refractivity contribution in [1.82, 2.24) is 14.9 Å². The first-order valence-electron chi connectivity index (χ1n) is 8.75. The van der Waals surface area contributed by atoms with E-state index >= 15 is 0 Å². The van der Waals surface area contributed by atoms with Gasteiger partial charge in [0.2, 0.25) is 5.91 Å². The van der Waals surface area contributed by atoms with Crippen LogP contribution in [0, 0.1) is 0 Å². The number of benzene rings is 1. The van der Waals surface area contributed by atoms with Crippen LogP contribution in [0.2, 0.25) is 0 Å². The summed E-state index contributed by atoms with van der Waals surface area (Å²) in [6.45, 7) is 2.04. The molecule has 0 saturated carbocycles. The summed E-state index contributed by atoms with van der Waals surface area (Å²) in [6, 6.07) is 9.99. The fourth-order valence-electron chi connectivity index (χ4n) is 3.76. The summed E-state index contributed by atoms with van der Waals surface area (Å²) in [5.41, 5.74) is 8.23. The third-order valence-electron chi connectivity index (χ3n) is 5.18. The van der Waals surface area contributed by atoms with Crippen LogP contribution in [0.15, 0.2) is 36.5 Å². The maximum Gasteiger partial charge on any atom is 0.236 e. The van der Waals surface area contributed by atoms with E-state index in [2.05, 4.69) is 4.98 Å². The monoisotopic (exact) mass is 374 g/mol. The number of hydrogen-bond acceptors (Lipinski definition) is 5. The van der Waals surface area contributed by atoms with Crippen LogP contribution in [0.5, 0.6) is 0 Å². The van der Waals surface area contributed by atoms with Crippen molar-refractivity contribution in [2.75, 3.05) is 26.2 Å². The highest BCUT2D eigenvalue weighted by Gasteiger charge is 2.43. The number of carbonyl (C=O) groups excluding carboxylic acids is 1. The number of fused-ring (bicyclic) bond motifs is 2. The number of ether oxygens (including phenoxy) is 1. The van der Waals surface area contributed by atoms with E-state index in [9.17, 15) is 4.79 Å². The maximum absolute atomic E-state index is 11.9. The lowest BCUT2D eigenvalue weighted by Gasteiger charge is -2.44. The number of nitrogens with zero attached hydrogens (tertiary/aromatic N) is 3. The van der Waals surface area contributed by atoms with Crippen molar-refractivity contribution in [1.29, 1.82) is 0 Å². The zero-order valence-corrected chi connectivity index (χ0v) is 15.4. The van der Waals surface area contributed by atoms with Gasteiger partial charge in [-0.25, -0.2) is 9.97 Å². The molecule has 26 heavy (non-hydrogen) atoms. The van der Waals surface area contributed by atoms with Crippen LogP contribution in [0.4, 0.5) is 0 Å². The van der Waals surface area contributed by atoms with Crippen LogP contribution < -0.4 is 5.73 Å². The molecule has 0 radical (unpaired) electrons. The van der Waals surface area contributed by atoms with Crippen LogP contribution in [0.3, 0.4) is 0 Å². The Morgan fingerprint density at radius 2 is 1.96 bits per heavy atom. The van der Waals surface area contributed by atoms with E-state index < -0.39 is 5.60 Å². The molecule has 6 nitrogen and oxygen atoms in total. The van der Waals surface area contributed by atoms with Gasteiger partial charge in [-0.2, -0.15) is 0 Å². The van der Waals surface area contributed by atoms with Crippen molar-refractivity contribution in [3.8, 4) is 11.4 Å². The summed E-state index contributed by atoms with van der Waals surface area (Å²) in [5, 5.41) is 0. The fraction of sp³-hybridized carbons (Fsp3) is 0.421. The minimum atomic E-state index is -0.411. The van der Waals surface area contributed by atoms with Crippen molar-refractivity contribution in [2.45, 2.75) is 24.9 Å². The number of nitrogens with two attached hydrogens (primary N) is 1. The molecule has 1 fully saturated rings. The standard InChI is InChI=1S/C19H22N4O2.ClH/c20-12-16(24)23-9-7-19(8-10-23)17-15(6-11-25-19)13-21-18(22-17)14-4-2-1-3-5-14;/h1-5,13H,6-12,20H2;1H. The van der Waals surface area contributed by atoms with Gasteiger partial charge in [-0.3, -0.25) is 4.79 Å². The number of rotatable bonds is 2. The molecule has 1 amide bonds. The second-order valence-electron chi connectivity index (χ2n) is 6.61. The van der Waals surface area contributed by atoms with Crippen LogP contribution >= 0.6 is 12.4 Å². The lowest BCUT2D eigenvalue weighted by atomic mass is 9.83. The molecule has 7 heteroatoms. The van der Waals surface area contributed by atoms with Gasteiger partial charge < -0.3 is 15.4 Å². The number of amides is 1. The third-order valence-corrected chi connectivity index (χ3v) is 5.18. The van der Waals surface area contributed by atoms with Crippen LogP contribution in [0.25, 0.3) is 11.4 Å². The minimum absolute atomic E-state index is 0. The average molecular weight is 375 g/mol. The molecular formula is C19H23ClN4O2. The average Bonchev–Trinajstić information content (AvgIpc) is 2.69. The molecule has 2 aliphatic heterocycles. The molecule has 0 atom stereocenters. The summed E-state index contributed by atoms with van der Waals surface area (Å²) in [4.78, 5) is 23.1. The van der Waals surface area contributed by atoms with Gasteiger partial charge in [0.15, 0.2) is 5.82 Å². The van der Waals surface area contributed by atoms with Gasteiger partial charge in [0, 0.05) is 24.8 Å². The first-order chi connectivity index (χ1) is 12.2. The van der Waals surface area contributed by atoms with E-state index in [0.29, 0.717) is 19.7 Å². The number of halogens is 1. The van der Waals surface area contributed by atoms with Gasteiger partial charge >= 0.3 is 0 Å². The Morgan fingerprint density at radius 3 is 2.65 bits per heavy atom. The third kappa shape index (κ3) is 3.32. The topological polar surface area (TPSA) is 81.3 Å². The van der Waals surface area contributed by atoms with Crippen molar-refractivity contribution in [3.63, 3.8) is 0 Å². The van der Waals surface area contributed by atoms with Crippen LogP contribution in [-0.4, -0.2) is 47.0 Å². The second kappa shape index (κ2) is 7.70. The van der Waals surface area contributed by atoms with Crippen molar-refractivity contribution >= 4 is 18.3 Å². The molecule has 1 aromatic heterocycles. The number of hydrogen-bond donors (Lipinski definition) is 1. The molecule has 4 rings (SSSR count). The summed E-state index contributed by atoms with van der Waals surface area (Å²) in [7, 11) is 0. The predicted octanol–water partition coefficient (Wildman–Crippen LogP) is 1.91. The van der Waals surface area contributed by atoms with Gasteiger partial charge in [0.1, 0.15) is 5.60 Å². The Balaban J connectivity index is 0.00000196. The lowest BCUT2D eigenvalue weighted by Crippen LogP contribution is -2.50. The number of aromatic nitrogens is 2. The molecule has 0 unspecified atom stereocenters. The Labute approximate surface area is 159 Å². The number of piperidine rings is 1. The molecule has 2 aromatic rings. The van der Waals surface area contributed by atoms with Crippen LogP contribution in [0.1, 0.15) is 24.1 Å². The Bertz CT molecular complexity index is 776. The van der Waals surface area contributed by atoms with Crippen molar-refractivity contribution in [2.24, 2.45) is 5.73 Å². The molecule has 1 spiro atoms. The highest BCUT2D eigenvalue weighted by molar-refractivity contribution is 5.85.